The smallest absolute Gasteiger partial charge is 0.408 e. The number of rotatable bonds is 2. The lowest BCUT2D eigenvalue weighted by Gasteiger charge is -2.33. The summed E-state index contributed by atoms with van der Waals surface area (Å²) in [5, 5.41) is 2.63. The van der Waals surface area contributed by atoms with Crippen molar-refractivity contribution in [1.29, 1.82) is 0 Å². The van der Waals surface area contributed by atoms with Gasteiger partial charge in [0.1, 0.15) is 17.4 Å². The fourth-order valence-electron chi connectivity index (χ4n) is 1.51. The average molecular weight is 259 g/mol. The molecule has 1 amide bonds. The number of aldehydes is 1. The number of hydrogen-bond donors (Lipinski definition) is 1. The fourth-order valence-corrected chi connectivity index (χ4v) is 1.51. The number of amides is 1. The van der Waals surface area contributed by atoms with Crippen LogP contribution in [0.15, 0.2) is 0 Å². The van der Waals surface area contributed by atoms with Crippen LogP contribution in [0.25, 0.3) is 0 Å². The summed E-state index contributed by atoms with van der Waals surface area (Å²) in [6, 6.07) is 0. The molecular weight excluding hydrogens is 234 g/mol. The van der Waals surface area contributed by atoms with E-state index >= 15 is 0 Å². The van der Waals surface area contributed by atoms with E-state index in [-0.39, 0.29) is 0 Å². The molecule has 0 atom stereocenters. The molecule has 0 bridgehead atoms. The summed E-state index contributed by atoms with van der Waals surface area (Å²) in [6.45, 7) is 10.3. The minimum Gasteiger partial charge on any atom is -0.444 e. The molecule has 106 valence electrons. The van der Waals surface area contributed by atoms with Crippen LogP contribution in [0.4, 0.5) is 4.79 Å². The Morgan fingerprint density at radius 3 is 2.17 bits per heavy atom. The van der Waals surface area contributed by atoms with Gasteiger partial charge in [-0.25, -0.2) is 4.79 Å². The van der Waals surface area contributed by atoms with Gasteiger partial charge in [0, 0.05) is 26.1 Å². The molecule has 5 nitrogen and oxygen atoms in total. The molecule has 1 aliphatic rings. The Kier molecular flexibility index (Phi) is 6.91. The molecular formula is C13H25NO4. The zero-order valence-electron chi connectivity index (χ0n) is 12.0. The van der Waals surface area contributed by atoms with Crippen molar-refractivity contribution in [2.75, 3.05) is 13.2 Å². The lowest BCUT2D eigenvalue weighted by Crippen LogP contribution is -2.54. The van der Waals surface area contributed by atoms with Gasteiger partial charge in [0.2, 0.25) is 0 Å². The molecule has 18 heavy (non-hydrogen) atoms. The highest BCUT2D eigenvalue weighted by atomic mass is 16.6. The van der Waals surface area contributed by atoms with Gasteiger partial charge in [-0.1, -0.05) is 13.8 Å². The van der Waals surface area contributed by atoms with Gasteiger partial charge in [-0.15, -0.1) is 0 Å². The number of alkyl carbamates (subject to hydrolysis) is 1. The van der Waals surface area contributed by atoms with Crippen molar-refractivity contribution in [1.82, 2.24) is 5.32 Å². The maximum atomic E-state index is 11.6. The Balaban J connectivity index is 0.00000137. The van der Waals surface area contributed by atoms with Gasteiger partial charge in [0.15, 0.2) is 0 Å². The van der Waals surface area contributed by atoms with Gasteiger partial charge in [-0.3, -0.25) is 0 Å². The van der Waals surface area contributed by atoms with Gasteiger partial charge >= 0.3 is 6.09 Å². The van der Waals surface area contributed by atoms with Crippen molar-refractivity contribution >= 4 is 12.4 Å². The molecule has 1 saturated heterocycles. The number of ether oxygens (including phenoxy) is 2. The van der Waals surface area contributed by atoms with Gasteiger partial charge in [-0.2, -0.15) is 0 Å². The summed E-state index contributed by atoms with van der Waals surface area (Å²) < 4.78 is 10.3. The lowest BCUT2D eigenvalue weighted by atomic mass is 9.92. The van der Waals surface area contributed by atoms with Gasteiger partial charge in [0.25, 0.3) is 0 Å². The second-order valence-electron chi connectivity index (χ2n) is 5.01. The molecule has 1 N–H and O–H groups in total. The largest absolute Gasteiger partial charge is 0.444 e. The highest BCUT2D eigenvalue weighted by molar-refractivity contribution is 5.76. The Morgan fingerprint density at radius 1 is 1.28 bits per heavy atom. The third-order valence-corrected chi connectivity index (χ3v) is 2.36. The normalized spacial score (nSPS) is 18.1. The third kappa shape index (κ3) is 6.00. The lowest BCUT2D eigenvalue weighted by molar-refractivity contribution is -0.117. The van der Waals surface area contributed by atoms with E-state index in [0.717, 1.165) is 6.29 Å². The van der Waals surface area contributed by atoms with Gasteiger partial charge in [0.05, 0.1) is 0 Å². The van der Waals surface area contributed by atoms with Crippen LogP contribution in [0.2, 0.25) is 0 Å². The summed E-state index contributed by atoms with van der Waals surface area (Å²) in [4.78, 5) is 22.6. The first-order chi connectivity index (χ1) is 8.37. The zero-order chi connectivity index (χ0) is 14.2. The van der Waals surface area contributed by atoms with Crippen molar-refractivity contribution in [3.63, 3.8) is 0 Å². The molecule has 0 aromatic rings. The van der Waals surface area contributed by atoms with E-state index in [4.69, 9.17) is 9.47 Å². The Labute approximate surface area is 109 Å². The van der Waals surface area contributed by atoms with Crippen LogP contribution < -0.4 is 5.32 Å². The highest BCUT2D eigenvalue weighted by Crippen LogP contribution is 2.19. The first-order valence-electron chi connectivity index (χ1n) is 6.42. The Bertz CT molecular complexity index is 265. The van der Waals surface area contributed by atoms with Crippen LogP contribution in [0.5, 0.6) is 0 Å². The van der Waals surface area contributed by atoms with Gasteiger partial charge in [-0.05, 0) is 20.8 Å². The van der Waals surface area contributed by atoms with E-state index in [0.29, 0.717) is 26.1 Å². The fraction of sp³-hybridized carbons (Fsp3) is 0.846. The maximum absolute atomic E-state index is 11.6. The predicted octanol–water partition coefficient (Wildman–Crippen LogP) is 2.29. The minimum absolute atomic E-state index is 0.481. The molecule has 0 radical (unpaired) electrons. The van der Waals surface area contributed by atoms with E-state index in [1.54, 1.807) is 20.8 Å². The van der Waals surface area contributed by atoms with Gasteiger partial charge < -0.3 is 19.6 Å². The van der Waals surface area contributed by atoms with E-state index < -0.39 is 17.2 Å². The highest BCUT2D eigenvalue weighted by Gasteiger charge is 2.35. The monoisotopic (exact) mass is 259 g/mol. The first-order valence-corrected chi connectivity index (χ1v) is 6.42. The molecule has 0 saturated carbocycles. The number of hydrogen-bond acceptors (Lipinski definition) is 4. The summed E-state index contributed by atoms with van der Waals surface area (Å²) in [7, 11) is 0. The SMILES string of the molecule is CC.CC(C)(C)OC(=O)NC1(C=O)CCOCC1. The molecule has 0 spiro atoms. The maximum Gasteiger partial charge on any atom is 0.408 e. The topological polar surface area (TPSA) is 64.6 Å². The second kappa shape index (κ2) is 7.36. The van der Waals surface area contributed by atoms with E-state index in [1.807, 2.05) is 13.8 Å². The van der Waals surface area contributed by atoms with Crippen molar-refractivity contribution in [3.8, 4) is 0 Å². The van der Waals surface area contributed by atoms with Crippen LogP contribution in [0.1, 0.15) is 47.5 Å². The van der Waals surface area contributed by atoms with Crippen LogP contribution >= 0.6 is 0 Å². The second-order valence-corrected chi connectivity index (χ2v) is 5.01. The first kappa shape index (κ1) is 16.9. The predicted molar refractivity (Wildman–Crippen MR) is 69.6 cm³/mol. The number of carbonyl (C=O) groups excluding carboxylic acids is 2. The standard InChI is InChI=1S/C11H19NO4.C2H6/c1-10(2,3)16-9(14)12-11(8-13)4-6-15-7-5-11;1-2/h8H,4-7H2,1-3H3,(H,12,14);1-2H3. The summed E-state index contributed by atoms with van der Waals surface area (Å²) >= 11 is 0. The molecule has 0 aliphatic carbocycles. The van der Waals surface area contributed by atoms with Crippen molar-refractivity contribution < 1.29 is 19.1 Å². The number of carbonyl (C=O) groups is 2. The minimum atomic E-state index is -0.819. The van der Waals surface area contributed by atoms with Crippen LogP contribution in [-0.2, 0) is 14.3 Å². The molecule has 0 aromatic heterocycles. The summed E-state index contributed by atoms with van der Waals surface area (Å²) in [5.74, 6) is 0. The molecule has 0 unspecified atom stereocenters. The third-order valence-electron chi connectivity index (χ3n) is 2.36. The molecule has 1 aliphatic heterocycles. The van der Waals surface area contributed by atoms with Crippen LogP contribution in [0.3, 0.4) is 0 Å². The molecule has 0 aromatic carbocycles. The van der Waals surface area contributed by atoms with Crippen LogP contribution in [-0.4, -0.2) is 36.7 Å². The molecule has 1 fully saturated rings. The average Bonchev–Trinajstić information content (AvgIpc) is 2.30. The quantitative estimate of drug-likeness (QED) is 0.773. The molecule has 1 heterocycles. The Morgan fingerprint density at radius 2 is 1.78 bits per heavy atom. The van der Waals surface area contributed by atoms with Crippen molar-refractivity contribution in [3.05, 3.63) is 0 Å². The van der Waals surface area contributed by atoms with Crippen molar-refractivity contribution in [2.45, 2.75) is 58.6 Å². The molecule has 5 heteroatoms. The summed E-state index contributed by atoms with van der Waals surface area (Å²) in [5.41, 5.74) is -1.38. The van der Waals surface area contributed by atoms with E-state index in [9.17, 15) is 9.59 Å². The molecule has 1 rings (SSSR count). The zero-order valence-corrected chi connectivity index (χ0v) is 12.0. The van der Waals surface area contributed by atoms with E-state index in [1.165, 1.54) is 0 Å². The van der Waals surface area contributed by atoms with Crippen LogP contribution in [0, 0.1) is 0 Å². The Hall–Kier alpha value is -1.10. The number of nitrogens with one attached hydrogen (secondary N) is 1. The van der Waals surface area contributed by atoms with E-state index in [2.05, 4.69) is 5.32 Å². The van der Waals surface area contributed by atoms with Crippen molar-refractivity contribution in [2.24, 2.45) is 0 Å². The summed E-state index contributed by atoms with van der Waals surface area (Å²) in [6.07, 6.45) is 1.21.